The van der Waals surface area contributed by atoms with Gasteiger partial charge in [0.1, 0.15) is 13.2 Å². The quantitative estimate of drug-likeness (QED) is 0.392. The van der Waals surface area contributed by atoms with E-state index in [1.54, 1.807) is 0 Å². The molecule has 1 aromatic heterocycles. The highest BCUT2D eigenvalue weighted by Crippen LogP contribution is 2.33. The number of ether oxygens (including phenoxy) is 2. The van der Waals surface area contributed by atoms with E-state index in [1.165, 1.54) is 5.56 Å². The van der Waals surface area contributed by atoms with Crippen LogP contribution in [0.25, 0.3) is 10.9 Å². The molecule has 1 atom stereocenters. The molecule has 0 unspecified atom stereocenters. The van der Waals surface area contributed by atoms with Crippen LogP contribution >= 0.6 is 12.2 Å². The van der Waals surface area contributed by atoms with Crippen molar-refractivity contribution < 1.29 is 9.47 Å². The standard InChI is InChI=1S/C28H36N4O3S/c1-4-31(5-2)12-9-13-32(28(36)29-20(3)21-10-7-6-8-11-21)19-23-16-22-17-25-26(35-15-14-34-25)18-24(22)30-27(23)33/h6-8,10-11,16-18,20H,4-5,9,12-15,19H2,1-3H3,(H,29,36)(H,30,33)/t20-/m0/s1. The summed E-state index contributed by atoms with van der Waals surface area (Å²) in [6, 6.07) is 16.0. The van der Waals surface area contributed by atoms with Gasteiger partial charge in [-0.3, -0.25) is 4.79 Å². The monoisotopic (exact) mass is 508 g/mol. The van der Waals surface area contributed by atoms with E-state index in [1.807, 2.05) is 36.4 Å². The zero-order valence-electron chi connectivity index (χ0n) is 21.4. The van der Waals surface area contributed by atoms with Crippen LogP contribution in [0.4, 0.5) is 0 Å². The molecule has 0 saturated heterocycles. The summed E-state index contributed by atoms with van der Waals surface area (Å²) in [5.74, 6) is 1.37. The molecule has 0 bridgehead atoms. The van der Waals surface area contributed by atoms with Crippen molar-refractivity contribution in [2.75, 3.05) is 39.4 Å². The van der Waals surface area contributed by atoms with E-state index < -0.39 is 0 Å². The van der Waals surface area contributed by atoms with E-state index >= 15 is 0 Å². The Balaban J connectivity index is 1.55. The number of aromatic amines is 1. The number of rotatable bonds is 10. The van der Waals surface area contributed by atoms with Gasteiger partial charge in [-0.05, 0) is 62.9 Å². The molecule has 7 nitrogen and oxygen atoms in total. The molecule has 0 fully saturated rings. The van der Waals surface area contributed by atoms with Crippen molar-refractivity contribution in [1.82, 2.24) is 20.1 Å². The molecule has 192 valence electrons. The van der Waals surface area contributed by atoms with Crippen molar-refractivity contribution in [3.63, 3.8) is 0 Å². The van der Waals surface area contributed by atoms with Crippen molar-refractivity contribution in [3.05, 3.63) is 70.0 Å². The van der Waals surface area contributed by atoms with Crippen molar-refractivity contribution in [2.24, 2.45) is 0 Å². The van der Waals surface area contributed by atoms with Gasteiger partial charge >= 0.3 is 0 Å². The van der Waals surface area contributed by atoms with Crippen molar-refractivity contribution >= 4 is 28.2 Å². The number of fused-ring (bicyclic) bond motifs is 2. The van der Waals surface area contributed by atoms with Crippen LogP contribution in [0, 0.1) is 0 Å². The largest absolute Gasteiger partial charge is 0.486 e. The van der Waals surface area contributed by atoms with Crippen LogP contribution in [-0.4, -0.2) is 59.3 Å². The highest BCUT2D eigenvalue weighted by atomic mass is 32.1. The zero-order chi connectivity index (χ0) is 25.5. The van der Waals surface area contributed by atoms with Gasteiger partial charge in [0.05, 0.1) is 18.1 Å². The molecule has 36 heavy (non-hydrogen) atoms. The second-order valence-electron chi connectivity index (χ2n) is 9.09. The number of H-pyrrole nitrogens is 1. The van der Waals surface area contributed by atoms with Crippen LogP contribution in [0.5, 0.6) is 11.5 Å². The number of nitrogens with zero attached hydrogens (tertiary/aromatic N) is 2. The second-order valence-corrected chi connectivity index (χ2v) is 9.48. The Labute approximate surface area is 218 Å². The molecule has 0 radical (unpaired) electrons. The number of benzene rings is 2. The molecule has 1 aliphatic heterocycles. The van der Waals surface area contributed by atoms with Gasteiger partial charge in [-0.1, -0.05) is 44.2 Å². The topological polar surface area (TPSA) is 69.8 Å². The first-order chi connectivity index (χ1) is 17.5. The summed E-state index contributed by atoms with van der Waals surface area (Å²) in [4.78, 5) is 20.6. The summed E-state index contributed by atoms with van der Waals surface area (Å²) in [6.07, 6.45) is 0.952. The van der Waals surface area contributed by atoms with E-state index in [0.717, 1.165) is 43.5 Å². The molecule has 2 N–H and O–H groups in total. The number of nitrogens with one attached hydrogen (secondary N) is 2. The van der Waals surface area contributed by atoms with Crippen LogP contribution in [0.15, 0.2) is 53.3 Å². The number of pyridine rings is 1. The molecule has 0 amide bonds. The van der Waals surface area contributed by atoms with Crippen molar-refractivity contribution in [1.29, 1.82) is 0 Å². The first-order valence-electron chi connectivity index (χ1n) is 12.8. The molecular formula is C28H36N4O3S. The normalized spacial score (nSPS) is 13.6. The lowest BCUT2D eigenvalue weighted by atomic mass is 10.1. The highest BCUT2D eigenvalue weighted by Gasteiger charge is 2.18. The molecule has 2 heterocycles. The SMILES string of the molecule is CCN(CC)CCCN(Cc1cc2cc3c(cc2[nH]c1=O)OCCO3)C(=S)N[C@@H](C)c1ccccc1. The fourth-order valence-electron chi connectivity index (χ4n) is 4.49. The second kappa shape index (κ2) is 12.2. The molecule has 8 heteroatoms. The fraction of sp³-hybridized carbons (Fsp3) is 0.429. The molecule has 4 rings (SSSR count). The Morgan fingerprint density at radius 3 is 2.44 bits per heavy atom. The van der Waals surface area contributed by atoms with E-state index in [4.69, 9.17) is 21.7 Å². The average Bonchev–Trinajstić information content (AvgIpc) is 2.90. The molecular weight excluding hydrogens is 472 g/mol. The lowest BCUT2D eigenvalue weighted by Gasteiger charge is -2.29. The van der Waals surface area contributed by atoms with Crippen LogP contribution in [0.2, 0.25) is 0 Å². The van der Waals surface area contributed by atoms with Crippen molar-refractivity contribution in [3.8, 4) is 11.5 Å². The van der Waals surface area contributed by atoms with E-state index in [-0.39, 0.29) is 11.6 Å². The van der Waals surface area contributed by atoms with Gasteiger partial charge in [0.2, 0.25) is 0 Å². The van der Waals surface area contributed by atoms with Gasteiger partial charge in [-0.2, -0.15) is 0 Å². The number of hydrogen-bond donors (Lipinski definition) is 2. The van der Waals surface area contributed by atoms with E-state index in [2.05, 4.69) is 53.0 Å². The Bertz CT molecular complexity index is 1230. The summed E-state index contributed by atoms with van der Waals surface area (Å²) in [5, 5.41) is 5.03. The summed E-state index contributed by atoms with van der Waals surface area (Å²) in [5.41, 5.74) is 2.45. The highest BCUT2D eigenvalue weighted by molar-refractivity contribution is 7.80. The maximum atomic E-state index is 13.1. The van der Waals surface area contributed by atoms with Gasteiger partial charge in [-0.25, -0.2) is 0 Å². The Kier molecular flexibility index (Phi) is 8.83. The third-order valence-electron chi connectivity index (χ3n) is 6.67. The minimum atomic E-state index is -0.119. The van der Waals surface area contributed by atoms with Gasteiger partial charge < -0.3 is 29.6 Å². The Morgan fingerprint density at radius 2 is 1.75 bits per heavy atom. The lowest BCUT2D eigenvalue weighted by Crippen LogP contribution is -2.42. The predicted molar refractivity (Wildman–Crippen MR) is 149 cm³/mol. The maximum Gasteiger partial charge on any atom is 0.253 e. The third kappa shape index (κ3) is 6.36. The number of thiocarbonyl (C=S) groups is 1. The van der Waals surface area contributed by atoms with Crippen LogP contribution < -0.4 is 20.3 Å². The smallest absolute Gasteiger partial charge is 0.253 e. The summed E-state index contributed by atoms with van der Waals surface area (Å²) in [7, 11) is 0. The van der Waals surface area contributed by atoms with Gasteiger partial charge in [0.25, 0.3) is 5.56 Å². The zero-order valence-corrected chi connectivity index (χ0v) is 22.2. The molecule has 3 aromatic rings. The van der Waals surface area contributed by atoms with E-state index in [9.17, 15) is 4.79 Å². The summed E-state index contributed by atoms with van der Waals surface area (Å²) < 4.78 is 11.4. The molecule has 0 aliphatic carbocycles. The number of aromatic nitrogens is 1. The third-order valence-corrected chi connectivity index (χ3v) is 7.04. The Hall–Kier alpha value is -3.10. The minimum Gasteiger partial charge on any atom is -0.486 e. The number of hydrogen-bond acceptors (Lipinski definition) is 5. The van der Waals surface area contributed by atoms with E-state index in [0.29, 0.717) is 41.9 Å². The van der Waals surface area contributed by atoms with Gasteiger partial charge in [-0.15, -0.1) is 0 Å². The average molecular weight is 509 g/mol. The van der Waals surface area contributed by atoms with Crippen LogP contribution in [-0.2, 0) is 6.54 Å². The van der Waals surface area contributed by atoms with Crippen molar-refractivity contribution in [2.45, 2.75) is 39.8 Å². The molecule has 1 aliphatic rings. The van der Waals surface area contributed by atoms with Gasteiger partial charge in [0, 0.05) is 23.6 Å². The first kappa shape index (κ1) is 26.0. The van der Waals surface area contributed by atoms with Gasteiger partial charge in [0.15, 0.2) is 16.6 Å². The minimum absolute atomic E-state index is 0.0579. The first-order valence-corrected chi connectivity index (χ1v) is 13.2. The summed E-state index contributed by atoms with van der Waals surface area (Å²) in [6.45, 7) is 11.7. The van der Waals surface area contributed by atoms with Crippen LogP contribution in [0.3, 0.4) is 0 Å². The predicted octanol–water partition coefficient (Wildman–Crippen LogP) is 4.47. The molecule has 0 saturated carbocycles. The Morgan fingerprint density at radius 1 is 1.06 bits per heavy atom. The van der Waals surface area contributed by atoms with Crippen LogP contribution in [0.1, 0.15) is 44.4 Å². The molecule has 2 aromatic carbocycles. The lowest BCUT2D eigenvalue weighted by molar-refractivity contribution is 0.172. The molecule has 0 spiro atoms. The fourth-order valence-corrected chi connectivity index (χ4v) is 4.82. The maximum absolute atomic E-state index is 13.1. The summed E-state index contributed by atoms with van der Waals surface area (Å²) >= 11 is 5.86.